The highest BCUT2D eigenvalue weighted by Crippen LogP contribution is 2.35. The molecular formula is C23H24N4O9S. The average molecular weight is 533 g/mol. The summed E-state index contributed by atoms with van der Waals surface area (Å²) in [5.74, 6) is -3.05. The van der Waals surface area contributed by atoms with Gasteiger partial charge in [-0.2, -0.15) is 0 Å². The van der Waals surface area contributed by atoms with Crippen molar-refractivity contribution in [2.75, 3.05) is 19.0 Å². The highest BCUT2D eigenvalue weighted by atomic mass is 32.2. The third-order valence-electron chi connectivity index (χ3n) is 5.66. The Morgan fingerprint density at radius 3 is 2.49 bits per heavy atom. The number of amides is 2. The highest BCUT2D eigenvalue weighted by molar-refractivity contribution is 7.91. The van der Waals surface area contributed by atoms with Gasteiger partial charge in [-0.15, -0.1) is 0 Å². The number of carboxylic acids is 2. The summed E-state index contributed by atoms with van der Waals surface area (Å²) in [5, 5.41) is 35.3. The number of nitrogens with zero attached hydrogens (tertiary/aromatic N) is 2. The third-order valence-corrected chi connectivity index (χ3v) is 7.21. The summed E-state index contributed by atoms with van der Waals surface area (Å²) in [7, 11) is -3.84. The number of allylic oxidation sites excluding steroid dienone is 1. The maximum atomic E-state index is 12.8. The summed E-state index contributed by atoms with van der Waals surface area (Å²) >= 11 is 0. The Bertz CT molecular complexity index is 1390. The lowest BCUT2D eigenvalue weighted by atomic mass is 9.93. The van der Waals surface area contributed by atoms with E-state index in [0.29, 0.717) is 0 Å². The minimum absolute atomic E-state index is 0.00476. The molecule has 0 fully saturated rings. The number of carbonyl (C=O) groups excluding carboxylic acids is 1. The molecule has 2 aromatic rings. The predicted molar refractivity (Wildman–Crippen MR) is 129 cm³/mol. The van der Waals surface area contributed by atoms with E-state index < -0.39 is 44.6 Å². The molecule has 0 bridgehead atoms. The molecule has 1 heterocycles. The van der Waals surface area contributed by atoms with E-state index in [1.54, 1.807) is 0 Å². The number of nitro groups is 1. The molecule has 3 rings (SSSR count). The van der Waals surface area contributed by atoms with E-state index in [0.717, 1.165) is 6.07 Å². The van der Waals surface area contributed by atoms with Crippen LogP contribution in [0.2, 0.25) is 0 Å². The van der Waals surface area contributed by atoms with E-state index in [-0.39, 0.29) is 52.5 Å². The van der Waals surface area contributed by atoms with Crippen molar-refractivity contribution in [3.05, 3.63) is 81.0 Å². The van der Waals surface area contributed by atoms with Gasteiger partial charge in [0, 0.05) is 24.4 Å². The summed E-state index contributed by atoms with van der Waals surface area (Å²) < 4.78 is 25.1. The SMILES string of the molecule is CC1=C(C(=O)O)C(c2cccc([N+](=O)[O-])c2)N(CCCNCS(=O)(=O)c2cccc(C(=O)O)c2)C(=O)N1. The summed E-state index contributed by atoms with van der Waals surface area (Å²) in [6.45, 7) is 1.55. The van der Waals surface area contributed by atoms with Gasteiger partial charge in [-0.3, -0.25) is 10.1 Å². The van der Waals surface area contributed by atoms with Crippen LogP contribution >= 0.6 is 0 Å². The zero-order chi connectivity index (χ0) is 27.3. The first-order valence-electron chi connectivity index (χ1n) is 10.9. The second kappa shape index (κ2) is 11.2. The van der Waals surface area contributed by atoms with Gasteiger partial charge >= 0.3 is 18.0 Å². The van der Waals surface area contributed by atoms with Gasteiger partial charge in [-0.05, 0) is 43.7 Å². The zero-order valence-corrected chi connectivity index (χ0v) is 20.4. The van der Waals surface area contributed by atoms with Gasteiger partial charge in [0.05, 0.1) is 27.0 Å². The fraction of sp³-hybridized carbons (Fsp3) is 0.261. The van der Waals surface area contributed by atoms with Crippen molar-refractivity contribution in [2.24, 2.45) is 0 Å². The van der Waals surface area contributed by atoms with Crippen molar-refractivity contribution >= 4 is 33.5 Å². The molecule has 0 spiro atoms. The number of hydrogen-bond acceptors (Lipinski definition) is 8. The number of nitrogens with one attached hydrogen (secondary N) is 2. The van der Waals surface area contributed by atoms with Gasteiger partial charge in [0.25, 0.3) is 5.69 Å². The van der Waals surface area contributed by atoms with E-state index in [2.05, 4.69) is 10.6 Å². The molecule has 37 heavy (non-hydrogen) atoms. The van der Waals surface area contributed by atoms with Gasteiger partial charge in [-0.25, -0.2) is 22.8 Å². The van der Waals surface area contributed by atoms with Gasteiger partial charge < -0.3 is 25.7 Å². The summed E-state index contributed by atoms with van der Waals surface area (Å²) in [6.07, 6.45) is 0.218. The number of carboxylic acid groups (broad SMARTS) is 2. The lowest BCUT2D eigenvalue weighted by Gasteiger charge is -2.37. The van der Waals surface area contributed by atoms with E-state index in [4.69, 9.17) is 5.11 Å². The van der Waals surface area contributed by atoms with Crippen LogP contribution in [-0.4, -0.2) is 65.4 Å². The smallest absolute Gasteiger partial charge is 0.335 e. The number of aliphatic carboxylic acids is 1. The van der Waals surface area contributed by atoms with Crippen LogP contribution in [0.3, 0.4) is 0 Å². The van der Waals surface area contributed by atoms with Crippen LogP contribution < -0.4 is 10.6 Å². The number of benzene rings is 2. The standard InChI is InChI=1S/C23H24N4O9S/c1-14-19(22(30)31)20(15-5-2-7-17(11-15)27(33)34)26(23(32)25-14)10-4-9-24-13-37(35,36)18-8-3-6-16(12-18)21(28)29/h2-3,5-8,11-12,20,24H,4,9-10,13H2,1H3,(H,25,32)(H,28,29)(H,30,31). The predicted octanol–water partition coefficient (Wildman–Crippen LogP) is 2.13. The number of hydrogen-bond donors (Lipinski definition) is 4. The molecule has 13 nitrogen and oxygen atoms in total. The average Bonchev–Trinajstić information content (AvgIpc) is 2.84. The highest BCUT2D eigenvalue weighted by Gasteiger charge is 2.38. The number of aromatic carboxylic acids is 1. The Kier molecular flexibility index (Phi) is 8.24. The van der Waals surface area contributed by atoms with E-state index in [9.17, 15) is 38.0 Å². The molecule has 4 N–H and O–H groups in total. The van der Waals surface area contributed by atoms with E-state index >= 15 is 0 Å². The summed E-state index contributed by atoms with van der Waals surface area (Å²) in [6, 6.07) is 8.61. The minimum Gasteiger partial charge on any atom is -0.478 e. The first-order valence-corrected chi connectivity index (χ1v) is 12.6. The maximum Gasteiger partial charge on any atom is 0.335 e. The van der Waals surface area contributed by atoms with Gasteiger partial charge in [0.2, 0.25) is 0 Å². The molecule has 1 aliphatic heterocycles. The van der Waals surface area contributed by atoms with Crippen molar-refractivity contribution < 1.29 is 37.9 Å². The fourth-order valence-corrected chi connectivity index (χ4v) is 5.10. The van der Waals surface area contributed by atoms with Crippen LogP contribution in [-0.2, 0) is 14.6 Å². The van der Waals surface area contributed by atoms with Gasteiger partial charge in [0.1, 0.15) is 5.88 Å². The van der Waals surface area contributed by atoms with Crippen LogP contribution in [0.15, 0.2) is 64.7 Å². The zero-order valence-electron chi connectivity index (χ0n) is 19.6. The molecule has 0 saturated heterocycles. The normalized spacial score (nSPS) is 15.9. The molecule has 0 saturated carbocycles. The van der Waals surface area contributed by atoms with Gasteiger partial charge in [-0.1, -0.05) is 18.2 Å². The Morgan fingerprint density at radius 2 is 1.84 bits per heavy atom. The Balaban J connectivity index is 1.73. The minimum atomic E-state index is -3.84. The first-order chi connectivity index (χ1) is 17.4. The molecule has 0 aromatic heterocycles. The number of urea groups is 1. The Labute approximate surface area is 211 Å². The van der Waals surface area contributed by atoms with E-state index in [1.807, 2.05) is 0 Å². The molecule has 0 aliphatic carbocycles. The molecule has 1 atom stereocenters. The first kappa shape index (κ1) is 27.3. The number of carbonyl (C=O) groups is 3. The number of nitro benzene ring substituents is 1. The fourth-order valence-electron chi connectivity index (χ4n) is 3.93. The van der Waals surface area contributed by atoms with Crippen LogP contribution in [0.1, 0.15) is 35.3 Å². The van der Waals surface area contributed by atoms with Crippen molar-refractivity contribution in [2.45, 2.75) is 24.3 Å². The van der Waals surface area contributed by atoms with Crippen LogP contribution in [0.4, 0.5) is 10.5 Å². The van der Waals surface area contributed by atoms with Crippen LogP contribution in [0.25, 0.3) is 0 Å². The van der Waals surface area contributed by atoms with Crippen molar-refractivity contribution in [1.29, 1.82) is 0 Å². The number of non-ortho nitro benzene ring substituents is 1. The topological polar surface area (TPSA) is 196 Å². The van der Waals surface area contributed by atoms with E-state index in [1.165, 1.54) is 54.3 Å². The van der Waals surface area contributed by atoms with Crippen molar-refractivity contribution in [1.82, 2.24) is 15.5 Å². The van der Waals surface area contributed by atoms with Gasteiger partial charge in [0.15, 0.2) is 9.84 Å². The summed E-state index contributed by atoms with van der Waals surface area (Å²) in [5.41, 5.74) is -0.215. The third kappa shape index (κ3) is 6.29. The Hall–Kier alpha value is -4.30. The summed E-state index contributed by atoms with van der Waals surface area (Å²) in [4.78, 5) is 47.6. The quantitative estimate of drug-likeness (QED) is 0.189. The lowest BCUT2D eigenvalue weighted by Crippen LogP contribution is -2.49. The molecule has 14 heteroatoms. The number of sulfone groups is 1. The second-order valence-electron chi connectivity index (χ2n) is 8.17. The van der Waals surface area contributed by atoms with Crippen molar-refractivity contribution in [3.63, 3.8) is 0 Å². The number of rotatable bonds is 11. The Morgan fingerprint density at radius 1 is 1.14 bits per heavy atom. The van der Waals surface area contributed by atoms with Crippen molar-refractivity contribution in [3.8, 4) is 0 Å². The monoisotopic (exact) mass is 532 g/mol. The van der Waals surface area contributed by atoms with Crippen LogP contribution in [0.5, 0.6) is 0 Å². The maximum absolute atomic E-state index is 12.8. The molecule has 2 aromatic carbocycles. The molecule has 1 unspecified atom stereocenters. The second-order valence-corrected chi connectivity index (χ2v) is 10.2. The molecule has 196 valence electrons. The molecule has 1 aliphatic rings. The molecule has 2 amide bonds. The largest absolute Gasteiger partial charge is 0.478 e. The molecule has 0 radical (unpaired) electrons. The molecular weight excluding hydrogens is 508 g/mol. The van der Waals surface area contributed by atoms with Crippen LogP contribution in [0, 0.1) is 10.1 Å². The lowest BCUT2D eigenvalue weighted by molar-refractivity contribution is -0.384.